The fourth-order valence-corrected chi connectivity index (χ4v) is 8.88. The molecule has 10 aromatic rings. The number of rotatable bonds is 10. The molecule has 0 aliphatic rings. The zero-order chi connectivity index (χ0) is 42.4. The highest BCUT2D eigenvalue weighted by Gasteiger charge is 2.17. The molecule has 0 radical (unpaired) electrons. The Bertz CT molecular complexity index is 3150. The Kier molecular flexibility index (Phi) is 11.6. The topological polar surface area (TPSA) is 48.2 Å². The lowest BCUT2D eigenvalue weighted by molar-refractivity contribution is 0.796. The number of hydrogen-bond acceptors (Lipinski definition) is 1. The molecule has 0 spiro atoms. The number of aliphatic imine (C=N–C) groups is 1. The number of fused-ring (bicyclic) bond motifs is 6. The van der Waals surface area contributed by atoms with Gasteiger partial charge in [-0.1, -0.05) is 177 Å². The van der Waals surface area contributed by atoms with E-state index in [1.807, 2.05) is 30.3 Å². The zero-order valence-corrected chi connectivity index (χ0v) is 35.8. The summed E-state index contributed by atoms with van der Waals surface area (Å²) >= 11 is 0. The summed E-state index contributed by atoms with van der Waals surface area (Å²) in [6.07, 6.45) is 5.75. The quantitative estimate of drug-likeness (QED) is 0.109. The molecule has 0 aliphatic heterocycles. The Hall–Kier alpha value is -7.43. The van der Waals surface area contributed by atoms with Crippen LogP contribution in [0.3, 0.4) is 0 Å². The number of hydrogen-bond donors (Lipinski definition) is 1. The molecular formula is C58H52N4. The third-order valence-corrected chi connectivity index (χ3v) is 12.0. The molecule has 0 amide bonds. The summed E-state index contributed by atoms with van der Waals surface area (Å²) < 4.78 is 4.73. The lowest BCUT2D eigenvalue weighted by Gasteiger charge is -2.14. The van der Waals surface area contributed by atoms with Crippen molar-refractivity contribution in [2.45, 2.75) is 46.6 Å². The maximum Gasteiger partial charge on any atom is 0.131 e. The van der Waals surface area contributed by atoms with E-state index in [9.17, 15) is 0 Å². The van der Waals surface area contributed by atoms with Gasteiger partial charge in [-0.25, -0.2) is 4.99 Å². The minimum Gasteiger partial charge on any atom is -0.383 e. The number of allylic oxidation sites excluding steroid dienone is 1. The van der Waals surface area contributed by atoms with Crippen LogP contribution in [0.4, 0.5) is 0 Å². The Morgan fingerprint density at radius 2 is 1.11 bits per heavy atom. The second-order valence-electron chi connectivity index (χ2n) is 16.0. The largest absolute Gasteiger partial charge is 0.383 e. The van der Waals surface area contributed by atoms with Crippen molar-refractivity contribution in [2.75, 3.05) is 0 Å². The monoisotopic (exact) mass is 804 g/mol. The maximum atomic E-state index is 6.40. The van der Waals surface area contributed by atoms with E-state index in [-0.39, 0.29) is 0 Å². The highest BCUT2D eigenvalue weighted by atomic mass is 15.0. The van der Waals surface area contributed by atoms with Gasteiger partial charge in [-0.2, -0.15) is 0 Å². The van der Waals surface area contributed by atoms with Crippen molar-refractivity contribution in [1.29, 1.82) is 0 Å². The minimum absolute atomic E-state index is 0.514. The number of aromatic nitrogens is 2. The minimum atomic E-state index is 0.514. The number of nitrogens with zero attached hydrogens (tertiary/aromatic N) is 3. The molecule has 4 heteroatoms. The van der Waals surface area contributed by atoms with Crippen molar-refractivity contribution in [3.05, 3.63) is 228 Å². The summed E-state index contributed by atoms with van der Waals surface area (Å²) in [6.45, 7) is 7.34. The van der Waals surface area contributed by atoms with Crippen molar-refractivity contribution in [3.8, 4) is 16.8 Å². The predicted octanol–water partition coefficient (Wildman–Crippen LogP) is 14.7. The standard InChI is InChI=1S/C29H25N3.C29H27N/c1-21-15-17-22(18-16-21)26(31-29(30)23-9-3-2-4-10-23)19-20-32-27-13-7-5-11-24(27)25-12-6-8-14-28(25)32;1-3-4-12-22-13-8-9-16-25(22)24-19-20-28-29(21(24)2)26-17-10-11-18-27(26)30(28)23-14-6-5-7-15-23/h2-19H,20H2,1H3,(H2,30,31);5-11,13-20H,3-4,12H2,1-2H3/b26-19-;. The second kappa shape index (κ2) is 18.0. The van der Waals surface area contributed by atoms with Crippen LogP contribution in [0.1, 0.15) is 47.6 Å². The molecule has 10 rings (SSSR count). The summed E-state index contributed by atoms with van der Waals surface area (Å²) in [4.78, 5) is 4.85. The van der Waals surface area contributed by atoms with Crippen LogP contribution >= 0.6 is 0 Å². The van der Waals surface area contributed by atoms with Crippen molar-refractivity contribution in [1.82, 2.24) is 9.13 Å². The zero-order valence-electron chi connectivity index (χ0n) is 35.8. The van der Waals surface area contributed by atoms with Gasteiger partial charge in [0.05, 0.1) is 16.7 Å². The summed E-state index contributed by atoms with van der Waals surface area (Å²) in [7, 11) is 0. The number of amidine groups is 1. The van der Waals surface area contributed by atoms with E-state index in [0.717, 1.165) is 23.2 Å². The Morgan fingerprint density at radius 3 is 1.79 bits per heavy atom. The molecule has 0 aliphatic carbocycles. The van der Waals surface area contributed by atoms with Gasteiger partial charge in [0.2, 0.25) is 0 Å². The van der Waals surface area contributed by atoms with E-state index < -0.39 is 0 Å². The first kappa shape index (κ1) is 40.0. The Balaban J connectivity index is 0.000000158. The first-order chi connectivity index (χ1) is 30.5. The highest BCUT2D eigenvalue weighted by molar-refractivity contribution is 6.12. The Labute approximate surface area is 364 Å². The molecule has 8 aromatic carbocycles. The van der Waals surface area contributed by atoms with Gasteiger partial charge in [-0.15, -0.1) is 0 Å². The first-order valence-corrected chi connectivity index (χ1v) is 21.8. The molecule has 0 saturated heterocycles. The summed E-state index contributed by atoms with van der Waals surface area (Å²) in [5, 5.41) is 5.21. The fourth-order valence-electron chi connectivity index (χ4n) is 8.88. The fraction of sp³-hybridized carbons (Fsp3) is 0.121. The van der Waals surface area contributed by atoms with Crippen molar-refractivity contribution < 1.29 is 0 Å². The molecule has 0 unspecified atom stereocenters. The van der Waals surface area contributed by atoms with E-state index in [1.165, 1.54) is 90.0 Å². The lowest BCUT2D eigenvalue weighted by atomic mass is 9.91. The van der Waals surface area contributed by atoms with Gasteiger partial charge in [-0.3, -0.25) is 0 Å². The van der Waals surface area contributed by atoms with Crippen LogP contribution in [0.2, 0.25) is 0 Å². The van der Waals surface area contributed by atoms with Gasteiger partial charge in [-0.05, 0) is 97.0 Å². The summed E-state index contributed by atoms with van der Waals surface area (Å²) in [5.74, 6) is 0.514. The van der Waals surface area contributed by atoms with Gasteiger partial charge in [0.1, 0.15) is 5.84 Å². The molecule has 0 atom stereocenters. The van der Waals surface area contributed by atoms with Crippen LogP contribution in [0.5, 0.6) is 0 Å². The first-order valence-electron chi connectivity index (χ1n) is 21.8. The van der Waals surface area contributed by atoms with Gasteiger partial charge in [0.25, 0.3) is 0 Å². The van der Waals surface area contributed by atoms with Crippen LogP contribution in [0.15, 0.2) is 205 Å². The van der Waals surface area contributed by atoms with Crippen LogP contribution in [0.25, 0.3) is 66.1 Å². The van der Waals surface area contributed by atoms with E-state index in [4.69, 9.17) is 10.7 Å². The number of unbranched alkanes of at least 4 members (excludes halogenated alkanes) is 1. The third-order valence-electron chi connectivity index (χ3n) is 12.0. The smallest absolute Gasteiger partial charge is 0.131 e. The number of benzene rings is 8. The Morgan fingerprint density at radius 1 is 0.532 bits per heavy atom. The predicted molar refractivity (Wildman–Crippen MR) is 265 cm³/mol. The molecule has 2 heterocycles. The van der Waals surface area contributed by atoms with E-state index >= 15 is 0 Å². The number of aryl methyl sites for hydroxylation is 3. The normalized spacial score (nSPS) is 12.0. The number of nitrogens with two attached hydrogens (primary N) is 1. The van der Waals surface area contributed by atoms with Gasteiger partial charge >= 0.3 is 0 Å². The molecule has 62 heavy (non-hydrogen) atoms. The molecule has 0 saturated carbocycles. The van der Waals surface area contributed by atoms with Crippen molar-refractivity contribution in [2.24, 2.45) is 10.7 Å². The van der Waals surface area contributed by atoms with Crippen LogP contribution in [-0.4, -0.2) is 15.0 Å². The van der Waals surface area contributed by atoms with E-state index in [1.54, 1.807) is 0 Å². The third kappa shape index (κ3) is 7.96. The molecule has 2 N–H and O–H groups in total. The van der Waals surface area contributed by atoms with Gasteiger partial charge in [0, 0.05) is 50.4 Å². The van der Waals surface area contributed by atoms with Crippen LogP contribution in [-0.2, 0) is 13.0 Å². The van der Waals surface area contributed by atoms with Gasteiger partial charge < -0.3 is 14.9 Å². The molecular weight excluding hydrogens is 753 g/mol. The van der Waals surface area contributed by atoms with Crippen LogP contribution < -0.4 is 5.73 Å². The highest BCUT2D eigenvalue weighted by Crippen LogP contribution is 2.39. The average Bonchev–Trinajstić information content (AvgIpc) is 3.84. The lowest BCUT2D eigenvalue weighted by Crippen LogP contribution is -2.13. The van der Waals surface area contributed by atoms with Crippen molar-refractivity contribution >= 4 is 55.1 Å². The SMILES string of the molecule is CCCCc1ccccc1-c1ccc2c(c1C)c1ccccc1n2-c1ccccc1.Cc1ccc(/C(=C/Cn2c3ccccc3c3ccccc32)N=C(N)c2ccccc2)cc1. The molecule has 304 valence electrons. The summed E-state index contributed by atoms with van der Waals surface area (Å²) in [5.41, 5.74) is 22.2. The molecule has 2 aromatic heterocycles. The number of para-hydroxylation sites is 4. The molecule has 0 bridgehead atoms. The van der Waals surface area contributed by atoms with Crippen molar-refractivity contribution in [3.63, 3.8) is 0 Å². The molecule has 0 fully saturated rings. The summed E-state index contributed by atoms with van der Waals surface area (Å²) in [6, 6.07) is 68.4. The average molecular weight is 805 g/mol. The van der Waals surface area contributed by atoms with Gasteiger partial charge in [0.15, 0.2) is 0 Å². The van der Waals surface area contributed by atoms with Crippen LogP contribution in [0, 0.1) is 13.8 Å². The maximum absolute atomic E-state index is 6.40. The van der Waals surface area contributed by atoms with E-state index in [0.29, 0.717) is 12.4 Å². The van der Waals surface area contributed by atoms with E-state index in [2.05, 4.69) is 200 Å². The second-order valence-corrected chi connectivity index (χ2v) is 16.0. The molecule has 4 nitrogen and oxygen atoms in total.